The van der Waals surface area contributed by atoms with Crippen molar-refractivity contribution in [1.82, 2.24) is 5.32 Å². The molecule has 0 radical (unpaired) electrons. The molecule has 0 bridgehead atoms. The molecule has 4 heteroatoms. The summed E-state index contributed by atoms with van der Waals surface area (Å²) in [6, 6.07) is 0. The molecule has 0 aliphatic carbocycles. The van der Waals surface area contributed by atoms with Crippen LogP contribution in [0, 0.1) is 0 Å². The van der Waals surface area contributed by atoms with Crippen LogP contribution in [-0.4, -0.2) is 24.8 Å². The molecular formula is C9H18N2O2. The molecule has 0 rings (SSSR count). The van der Waals surface area contributed by atoms with Crippen molar-refractivity contribution >= 4 is 11.6 Å². The monoisotopic (exact) mass is 186 g/mol. The standard InChI is InChI=1S/C9H18N2O2/c1-4-6-10-9(12)5-7-13-11-8(2)3/h4-7H2,1-3H3,(H,10,12). The average molecular weight is 186 g/mol. The van der Waals surface area contributed by atoms with Gasteiger partial charge in [-0.15, -0.1) is 0 Å². The molecule has 0 aromatic rings. The second-order valence-electron chi connectivity index (χ2n) is 2.97. The molecule has 1 N–H and O–H groups in total. The number of hydrogen-bond donors (Lipinski definition) is 1. The zero-order valence-corrected chi connectivity index (χ0v) is 8.59. The van der Waals surface area contributed by atoms with Gasteiger partial charge in [0, 0.05) is 6.54 Å². The summed E-state index contributed by atoms with van der Waals surface area (Å²) in [7, 11) is 0. The molecule has 0 unspecified atom stereocenters. The Labute approximate surface area is 79.3 Å². The van der Waals surface area contributed by atoms with Gasteiger partial charge in [-0.3, -0.25) is 4.79 Å². The molecule has 0 fully saturated rings. The van der Waals surface area contributed by atoms with Crippen LogP contribution < -0.4 is 5.32 Å². The first kappa shape index (κ1) is 11.9. The molecule has 0 aromatic carbocycles. The summed E-state index contributed by atoms with van der Waals surface area (Å²) in [6.07, 6.45) is 1.33. The third-order valence-electron chi connectivity index (χ3n) is 1.24. The van der Waals surface area contributed by atoms with Gasteiger partial charge >= 0.3 is 0 Å². The van der Waals surface area contributed by atoms with Crippen LogP contribution in [-0.2, 0) is 9.63 Å². The zero-order chi connectivity index (χ0) is 10.1. The third-order valence-corrected chi connectivity index (χ3v) is 1.24. The second kappa shape index (κ2) is 7.58. The van der Waals surface area contributed by atoms with E-state index in [-0.39, 0.29) is 5.91 Å². The van der Waals surface area contributed by atoms with Crippen LogP contribution in [0.15, 0.2) is 5.16 Å². The molecule has 0 saturated heterocycles. The number of hydrogen-bond acceptors (Lipinski definition) is 3. The summed E-state index contributed by atoms with van der Waals surface area (Å²) in [6.45, 7) is 6.78. The number of carbonyl (C=O) groups excluding carboxylic acids is 1. The van der Waals surface area contributed by atoms with Gasteiger partial charge in [0.1, 0.15) is 6.61 Å². The number of carbonyl (C=O) groups is 1. The third kappa shape index (κ3) is 8.85. The van der Waals surface area contributed by atoms with Crippen molar-refractivity contribution in [2.75, 3.05) is 13.2 Å². The number of oxime groups is 1. The highest BCUT2D eigenvalue weighted by Crippen LogP contribution is 1.85. The average Bonchev–Trinajstić information content (AvgIpc) is 2.08. The molecule has 0 spiro atoms. The van der Waals surface area contributed by atoms with Crippen LogP contribution in [0.3, 0.4) is 0 Å². The Bertz CT molecular complexity index is 174. The van der Waals surface area contributed by atoms with Gasteiger partial charge in [0.2, 0.25) is 5.91 Å². The van der Waals surface area contributed by atoms with Gasteiger partial charge in [0.25, 0.3) is 0 Å². The van der Waals surface area contributed by atoms with Gasteiger partial charge in [-0.05, 0) is 20.3 Å². The van der Waals surface area contributed by atoms with Crippen molar-refractivity contribution in [1.29, 1.82) is 0 Å². The lowest BCUT2D eigenvalue weighted by Crippen LogP contribution is -2.24. The van der Waals surface area contributed by atoms with E-state index in [4.69, 9.17) is 4.84 Å². The first-order valence-corrected chi connectivity index (χ1v) is 4.56. The predicted molar refractivity (Wildman–Crippen MR) is 52.7 cm³/mol. The largest absolute Gasteiger partial charge is 0.395 e. The second-order valence-corrected chi connectivity index (χ2v) is 2.97. The number of amides is 1. The first-order chi connectivity index (χ1) is 6.16. The molecule has 4 nitrogen and oxygen atoms in total. The smallest absolute Gasteiger partial charge is 0.223 e. The van der Waals surface area contributed by atoms with Crippen molar-refractivity contribution in [3.63, 3.8) is 0 Å². The van der Waals surface area contributed by atoms with Crippen molar-refractivity contribution in [2.24, 2.45) is 5.16 Å². The SMILES string of the molecule is CCCNC(=O)CCON=C(C)C. The molecular weight excluding hydrogens is 168 g/mol. The minimum Gasteiger partial charge on any atom is -0.395 e. The lowest BCUT2D eigenvalue weighted by atomic mass is 10.4. The summed E-state index contributed by atoms with van der Waals surface area (Å²) < 4.78 is 0. The molecule has 0 aliphatic heterocycles. The van der Waals surface area contributed by atoms with Crippen LogP contribution in [0.5, 0.6) is 0 Å². The van der Waals surface area contributed by atoms with Crippen LogP contribution >= 0.6 is 0 Å². The molecule has 0 atom stereocenters. The highest BCUT2D eigenvalue weighted by molar-refractivity contribution is 5.78. The van der Waals surface area contributed by atoms with E-state index in [0.29, 0.717) is 13.0 Å². The molecule has 0 saturated carbocycles. The Morgan fingerprint density at radius 3 is 2.69 bits per heavy atom. The van der Waals surface area contributed by atoms with Gasteiger partial charge in [0.15, 0.2) is 0 Å². The number of rotatable bonds is 6. The summed E-state index contributed by atoms with van der Waals surface area (Å²) >= 11 is 0. The maximum absolute atomic E-state index is 11.0. The van der Waals surface area contributed by atoms with Crippen LogP contribution in [0.1, 0.15) is 33.6 Å². The van der Waals surface area contributed by atoms with Crippen LogP contribution in [0.25, 0.3) is 0 Å². The highest BCUT2D eigenvalue weighted by Gasteiger charge is 1.98. The minimum atomic E-state index is 0.0193. The van der Waals surface area contributed by atoms with Crippen molar-refractivity contribution in [3.05, 3.63) is 0 Å². The van der Waals surface area contributed by atoms with Crippen molar-refractivity contribution in [3.8, 4) is 0 Å². The van der Waals surface area contributed by atoms with Gasteiger partial charge in [0.05, 0.1) is 12.1 Å². The Morgan fingerprint density at radius 1 is 1.46 bits per heavy atom. The van der Waals surface area contributed by atoms with Crippen LogP contribution in [0.4, 0.5) is 0 Å². The molecule has 0 aliphatic rings. The van der Waals surface area contributed by atoms with E-state index in [2.05, 4.69) is 10.5 Å². The van der Waals surface area contributed by atoms with Gasteiger partial charge in [-0.1, -0.05) is 12.1 Å². The van der Waals surface area contributed by atoms with E-state index >= 15 is 0 Å². The van der Waals surface area contributed by atoms with E-state index in [1.165, 1.54) is 0 Å². The van der Waals surface area contributed by atoms with Gasteiger partial charge in [-0.2, -0.15) is 0 Å². The number of nitrogens with one attached hydrogen (secondary N) is 1. The predicted octanol–water partition coefficient (Wildman–Crippen LogP) is 1.32. The summed E-state index contributed by atoms with van der Waals surface area (Å²) in [5.41, 5.74) is 0.856. The number of nitrogens with zero attached hydrogens (tertiary/aromatic N) is 1. The van der Waals surface area contributed by atoms with Gasteiger partial charge in [-0.25, -0.2) is 0 Å². The molecule has 13 heavy (non-hydrogen) atoms. The Kier molecular flexibility index (Phi) is 6.96. The molecule has 0 heterocycles. The topological polar surface area (TPSA) is 50.7 Å². The molecule has 0 aromatic heterocycles. The maximum atomic E-state index is 11.0. The fraction of sp³-hybridized carbons (Fsp3) is 0.778. The van der Waals surface area contributed by atoms with E-state index in [1.54, 1.807) is 0 Å². The van der Waals surface area contributed by atoms with Crippen LogP contribution in [0.2, 0.25) is 0 Å². The Balaban J connectivity index is 3.32. The lowest BCUT2D eigenvalue weighted by Gasteiger charge is -2.02. The normalized spacial score (nSPS) is 9.15. The maximum Gasteiger partial charge on any atom is 0.223 e. The van der Waals surface area contributed by atoms with E-state index in [0.717, 1.165) is 18.7 Å². The van der Waals surface area contributed by atoms with E-state index in [9.17, 15) is 4.79 Å². The van der Waals surface area contributed by atoms with E-state index < -0.39 is 0 Å². The minimum absolute atomic E-state index is 0.0193. The molecule has 1 amide bonds. The summed E-state index contributed by atoms with van der Waals surface area (Å²) in [5.74, 6) is 0.0193. The summed E-state index contributed by atoms with van der Waals surface area (Å²) in [4.78, 5) is 15.9. The fourth-order valence-electron chi connectivity index (χ4n) is 0.666. The van der Waals surface area contributed by atoms with Gasteiger partial charge < -0.3 is 10.2 Å². The fourth-order valence-corrected chi connectivity index (χ4v) is 0.666. The zero-order valence-electron chi connectivity index (χ0n) is 8.59. The quantitative estimate of drug-likeness (QED) is 0.386. The van der Waals surface area contributed by atoms with Crippen molar-refractivity contribution in [2.45, 2.75) is 33.6 Å². The lowest BCUT2D eigenvalue weighted by molar-refractivity contribution is -0.122. The first-order valence-electron chi connectivity index (χ1n) is 4.56. The molecule has 76 valence electrons. The Hall–Kier alpha value is -1.06. The Morgan fingerprint density at radius 2 is 2.15 bits per heavy atom. The summed E-state index contributed by atoms with van der Waals surface area (Å²) in [5, 5.41) is 6.47. The van der Waals surface area contributed by atoms with Crippen molar-refractivity contribution < 1.29 is 9.63 Å². The highest BCUT2D eigenvalue weighted by atomic mass is 16.6. The van der Waals surface area contributed by atoms with E-state index in [1.807, 2.05) is 20.8 Å².